The first-order chi connectivity index (χ1) is 56.5. The summed E-state index contributed by atoms with van der Waals surface area (Å²) in [5.74, 6) is 19.0. The molecule has 10 nitrogen and oxygen atoms in total. The Morgan fingerprint density at radius 1 is 0.366 bits per heavy atom. The molecule has 2 unspecified atom stereocenters. The van der Waals surface area contributed by atoms with Gasteiger partial charge in [0.1, 0.15) is 6.79 Å². The van der Waals surface area contributed by atoms with Gasteiger partial charge >= 0.3 is 0 Å². The Hall–Kier alpha value is 0.740. The van der Waals surface area contributed by atoms with E-state index in [2.05, 4.69) is 283 Å². The summed E-state index contributed by atoms with van der Waals surface area (Å²) in [7, 11) is -6.46. The van der Waals surface area contributed by atoms with Crippen molar-refractivity contribution in [2.75, 3.05) is 67.6 Å². The van der Waals surface area contributed by atoms with Gasteiger partial charge in [-0.3, -0.25) is 8.42 Å². The molecule has 0 aromatic rings. The van der Waals surface area contributed by atoms with Gasteiger partial charge in [-0.25, -0.2) is 16.8 Å². The van der Waals surface area contributed by atoms with E-state index in [9.17, 15) is 25.3 Å². The number of nitrogens with one attached hydrogen (secondary N) is 2. The average molecular weight is 1830 g/mol. The number of thioether (sulfide) groups is 2. The largest absolute Gasteiger partial charge is 0.352 e. The van der Waals surface area contributed by atoms with E-state index in [1.807, 2.05) is 0 Å². The quantitative estimate of drug-likeness (QED) is 0.135. The highest BCUT2D eigenvalue weighted by Gasteiger charge is 2.78. The Balaban J connectivity index is 0.000000145. The molecule has 0 aromatic heterocycles. The predicted octanol–water partition coefficient (Wildman–Crippen LogP) is 27.0. The fourth-order valence-corrected chi connectivity index (χ4v) is 46.0. The molecule has 0 bridgehead atoms. The molecule has 2 atom stereocenters. The lowest BCUT2D eigenvalue weighted by atomic mass is 9.45. The second-order valence-electron chi connectivity index (χ2n) is 52.0. The highest BCUT2D eigenvalue weighted by atomic mass is 32.2. The van der Waals surface area contributed by atoms with Crippen molar-refractivity contribution in [3.63, 3.8) is 0 Å². The summed E-state index contributed by atoms with van der Waals surface area (Å²) in [5.41, 5.74) is 5.78. The fourth-order valence-electron chi connectivity index (χ4n) is 31.8. The van der Waals surface area contributed by atoms with E-state index >= 15 is 0 Å². The Morgan fingerprint density at radius 2 is 0.772 bits per heavy atom. The lowest BCUT2D eigenvalue weighted by Gasteiger charge is -2.64. The minimum atomic E-state index is -2.75. The van der Waals surface area contributed by atoms with Gasteiger partial charge in [-0.15, -0.1) is 0 Å². The van der Waals surface area contributed by atoms with Crippen LogP contribution in [-0.4, -0.2) is 132 Å². The third-order valence-electron chi connectivity index (χ3n) is 42.2. The molecule has 9 saturated carbocycles. The van der Waals surface area contributed by atoms with Crippen LogP contribution in [0.4, 0.5) is 0 Å². The summed E-state index contributed by atoms with van der Waals surface area (Å²) in [6.45, 7) is 89.2. The standard InChI is InChI=1S/2C13H25N.C12H22O2S.C12H22O2.C12H22OS.C12H22S.C11H20O2S.C11H20OS.C11H20S/c1-10(2)13(11(3)4)7-12(8-13)5-6-14-9-12;1-10(2)13(11(3)4)8-12(9-13)6-5-7-14-12;1-9(2)12(10(3)4)7-11(8-12)5-6-15(11,13)14;1-9(2)12(10(3)4)5-11(6-12)7-13-8-14-11;1-9(2)12(10(3)4)7-11(8-12)5-6-14(11)13;1-9(2)12(10(3)4)7-11(8-12)5-6-13-11;1-8(2)11(9(3)4)7-14(12,13)10(11)5-6-10;1-8(2)11(9(3)4)7-13(12)10(11)5-6-10;1-8(2)11(9(3)4)7-12-10(11)5-6-10/h2*10-11,14H,5-9H2,1-4H3;9-10H,5-8H2,1-4H3;2*9-10H,5-8H2,1-4H3;9-10H,5-8H2,1-4H3;8-9H,5-7H2,1-4H3;8-9H,5-7H2,1-4H3;8-9H,5-7H2,1-4H3. The van der Waals surface area contributed by atoms with Crippen LogP contribution in [0, 0.1) is 161 Å². The molecule has 0 amide bonds. The van der Waals surface area contributed by atoms with Crippen LogP contribution in [0.5, 0.6) is 0 Å². The smallest absolute Gasteiger partial charge is 0.157 e. The van der Waals surface area contributed by atoms with Crippen LogP contribution < -0.4 is 10.6 Å². The first-order valence-corrected chi connectivity index (χ1v) is 59.6. The van der Waals surface area contributed by atoms with Gasteiger partial charge in [0, 0.05) is 76.0 Å². The molecule has 9 aliphatic carbocycles. The molecule has 16 heteroatoms. The summed E-state index contributed by atoms with van der Waals surface area (Å²) < 4.78 is 83.1. The van der Waals surface area contributed by atoms with Crippen LogP contribution >= 0.6 is 23.5 Å². The molecule has 0 radical (unpaired) electrons. The Kier molecular flexibility index (Phi) is 31.8. The molecule has 18 aliphatic rings. The Labute approximate surface area is 775 Å². The monoisotopic (exact) mass is 1830 g/mol. The summed E-state index contributed by atoms with van der Waals surface area (Å²) in [6, 6.07) is 0. The van der Waals surface area contributed by atoms with Gasteiger partial charge in [0.05, 0.1) is 38.0 Å². The van der Waals surface area contributed by atoms with E-state index < -0.39 is 41.3 Å². The normalized spacial score (nSPS) is 30.3. The summed E-state index contributed by atoms with van der Waals surface area (Å²) >= 11 is 4.47. The lowest BCUT2D eigenvalue weighted by Crippen LogP contribution is -2.66. The summed E-state index contributed by atoms with van der Waals surface area (Å²) in [6.07, 6.45) is 30.6. The SMILES string of the molecule is CC(C)C1(C(C)C)CC2(CCCN2)C1.CC(C)C1(C(C)C)CC2(CCNC2)C1.CC(C)C1(C(C)C)CC2(CCS2(=O)=O)C1.CC(C)C1(C(C)C)CC2(CCS2)C1.CC(C)C1(C(C)C)CC2(CCS2=O)C1.CC(C)C1(C(C)C)CC2(COCO2)C1.CC(C)C1(C(C)C)CS(=O)(=O)C12CC2.CC(C)C1(C(C)C)CS(=O)C12CC2.CC(C)C1(C(C)C)CSC12CC2. The summed E-state index contributed by atoms with van der Waals surface area (Å²) in [5, 5.41) is 7.26. The van der Waals surface area contributed by atoms with Crippen molar-refractivity contribution < 1.29 is 34.7 Å². The van der Waals surface area contributed by atoms with Crippen LogP contribution in [0.15, 0.2) is 0 Å². The number of ether oxygens (including phenoxy) is 2. The maximum atomic E-state index is 11.8. The molecule has 18 fully saturated rings. The molecule has 18 rings (SSSR count). The van der Waals surface area contributed by atoms with Gasteiger partial charge < -0.3 is 20.1 Å². The average Bonchev–Trinajstić information content (AvgIpc) is 1.52. The minimum absolute atomic E-state index is 0.0752. The molecule has 123 heavy (non-hydrogen) atoms. The molecular weight excluding hydrogens is 1630 g/mol. The lowest BCUT2D eigenvalue weighted by molar-refractivity contribution is -0.170. The van der Waals surface area contributed by atoms with E-state index in [1.54, 1.807) is 0 Å². The zero-order chi connectivity index (χ0) is 92.5. The zero-order valence-electron chi connectivity index (χ0n) is 86.9. The molecule has 720 valence electrons. The first kappa shape index (κ1) is 106. The van der Waals surface area contributed by atoms with Crippen molar-refractivity contribution in [2.24, 2.45) is 161 Å². The Bertz CT molecular complexity index is 3570. The summed E-state index contributed by atoms with van der Waals surface area (Å²) in [4.78, 5) is 0. The van der Waals surface area contributed by atoms with E-state index in [-0.39, 0.29) is 35.4 Å². The first-order valence-electron chi connectivity index (χ1n) is 51.7. The Morgan fingerprint density at radius 3 is 1.01 bits per heavy atom. The van der Waals surface area contributed by atoms with Gasteiger partial charge in [-0.05, 0) is 323 Å². The van der Waals surface area contributed by atoms with Gasteiger partial charge in [-0.1, -0.05) is 249 Å². The van der Waals surface area contributed by atoms with Crippen molar-refractivity contribution in [1.29, 1.82) is 0 Å². The van der Waals surface area contributed by atoms with Crippen LogP contribution in [0.1, 0.15) is 403 Å². The van der Waals surface area contributed by atoms with Crippen molar-refractivity contribution in [3.8, 4) is 0 Å². The van der Waals surface area contributed by atoms with E-state index in [4.69, 9.17) is 9.47 Å². The van der Waals surface area contributed by atoms with E-state index in [0.29, 0.717) is 103 Å². The molecule has 9 saturated heterocycles. The number of rotatable bonds is 18. The second kappa shape index (κ2) is 37.0. The van der Waals surface area contributed by atoms with Crippen LogP contribution in [0.3, 0.4) is 0 Å². The maximum Gasteiger partial charge on any atom is 0.157 e. The third-order valence-corrected chi connectivity index (χ3v) is 55.5. The van der Waals surface area contributed by atoms with Crippen molar-refractivity contribution >= 4 is 64.8 Å². The van der Waals surface area contributed by atoms with Gasteiger partial charge in [0.15, 0.2) is 19.7 Å². The fraction of sp³-hybridized carbons (Fsp3) is 1.00. The topological polar surface area (TPSA) is 145 Å². The van der Waals surface area contributed by atoms with Crippen molar-refractivity contribution in [1.82, 2.24) is 10.6 Å². The van der Waals surface area contributed by atoms with Gasteiger partial charge in [0.25, 0.3) is 0 Å². The van der Waals surface area contributed by atoms with Crippen LogP contribution in [-0.2, 0) is 50.7 Å². The number of hydrogen-bond acceptors (Lipinski definition) is 12. The van der Waals surface area contributed by atoms with E-state index in [1.165, 1.54) is 153 Å². The highest BCUT2D eigenvalue weighted by Crippen LogP contribution is 2.76. The van der Waals surface area contributed by atoms with E-state index in [0.717, 1.165) is 131 Å². The third kappa shape index (κ3) is 17.6. The number of sulfone groups is 2. The van der Waals surface area contributed by atoms with Crippen molar-refractivity contribution in [3.05, 3.63) is 0 Å². The molecular formula is C107H198N2O8S6. The molecule has 9 aliphatic heterocycles. The zero-order valence-corrected chi connectivity index (χ0v) is 91.8. The van der Waals surface area contributed by atoms with Gasteiger partial charge in [0.2, 0.25) is 0 Å². The van der Waals surface area contributed by atoms with Crippen LogP contribution in [0.2, 0.25) is 0 Å². The second-order valence-corrected chi connectivity index (χ2v) is 63.4. The predicted molar refractivity (Wildman–Crippen MR) is 535 cm³/mol. The van der Waals surface area contributed by atoms with Crippen LogP contribution in [0.25, 0.3) is 0 Å². The number of hydrogen-bond donors (Lipinski definition) is 2. The van der Waals surface area contributed by atoms with Gasteiger partial charge in [-0.2, -0.15) is 23.5 Å². The maximum absolute atomic E-state index is 11.8. The molecule has 0 aromatic carbocycles. The molecule has 2 N–H and O–H groups in total. The van der Waals surface area contributed by atoms with Crippen molar-refractivity contribution in [2.45, 2.75) is 443 Å². The molecule has 9 heterocycles. The minimum Gasteiger partial charge on any atom is -0.352 e. The molecule has 9 spiro atoms. The highest BCUT2D eigenvalue weighted by molar-refractivity contribution is 8.02.